The topological polar surface area (TPSA) is 54.8 Å². The van der Waals surface area contributed by atoms with Crippen LogP contribution in [0.1, 0.15) is 18.9 Å². The number of fused-ring (bicyclic) bond motifs is 1. The number of para-hydroxylation sites is 1. The summed E-state index contributed by atoms with van der Waals surface area (Å²) in [5, 5.41) is 9.04. The Morgan fingerprint density at radius 3 is 2.92 bits per heavy atom. The van der Waals surface area contributed by atoms with E-state index in [1.165, 1.54) is 16.9 Å². The molecule has 2 aliphatic heterocycles. The quantitative estimate of drug-likeness (QED) is 0.499. The highest BCUT2D eigenvalue weighted by molar-refractivity contribution is 7.98. The second kappa shape index (κ2) is 7.97. The van der Waals surface area contributed by atoms with Crippen LogP contribution in [0.25, 0.3) is 0 Å². The molecule has 0 aromatic heterocycles. The highest BCUT2D eigenvalue weighted by Crippen LogP contribution is 2.39. The lowest BCUT2D eigenvalue weighted by molar-refractivity contribution is 0.123. The Balaban J connectivity index is 1.75. The van der Waals surface area contributed by atoms with Gasteiger partial charge in [-0.15, -0.1) is 0 Å². The van der Waals surface area contributed by atoms with Gasteiger partial charge in [0.15, 0.2) is 6.19 Å². The fourth-order valence-electron chi connectivity index (χ4n) is 3.19. The highest BCUT2D eigenvalue weighted by atomic mass is 32.2. The standard InChI is InChI=1S/C17H25N5OS/c1-3-15(12-20(2)13-18)22-11-14-5-4-6-16(17(14)19-24-22)21-7-9-23-10-8-21/h4-6,15,19H,3,7-12H2,1-2H3. The first kappa shape index (κ1) is 17.2. The van der Waals surface area contributed by atoms with Crippen LogP contribution in [-0.2, 0) is 11.3 Å². The predicted molar refractivity (Wildman–Crippen MR) is 98.6 cm³/mol. The Labute approximate surface area is 148 Å². The van der Waals surface area contributed by atoms with E-state index in [0.717, 1.165) is 45.8 Å². The van der Waals surface area contributed by atoms with Crippen LogP contribution in [0.4, 0.5) is 11.4 Å². The van der Waals surface area contributed by atoms with Crippen molar-refractivity contribution in [3.63, 3.8) is 0 Å². The molecule has 0 bridgehead atoms. The number of benzene rings is 1. The third-order valence-corrected chi connectivity index (χ3v) is 5.56. The number of hydrogen-bond acceptors (Lipinski definition) is 7. The minimum absolute atomic E-state index is 0.340. The van der Waals surface area contributed by atoms with E-state index >= 15 is 0 Å². The van der Waals surface area contributed by atoms with E-state index in [2.05, 4.69) is 45.2 Å². The molecule has 3 rings (SSSR count). The van der Waals surface area contributed by atoms with Crippen LogP contribution in [0, 0.1) is 11.5 Å². The van der Waals surface area contributed by atoms with Crippen molar-refractivity contribution in [1.29, 1.82) is 5.26 Å². The molecule has 0 spiro atoms. The van der Waals surface area contributed by atoms with E-state index in [1.54, 1.807) is 17.0 Å². The summed E-state index contributed by atoms with van der Waals surface area (Å²) < 4.78 is 11.4. The van der Waals surface area contributed by atoms with Crippen LogP contribution in [0.15, 0.2) is 18.2 Å². The molecule has 1 aromatic rings. The molecule has 2 heterocycles. The van der Waals surface area contributed by atoms with Gasteiger partial charge in [0, 0.05) is 51.4 Å². The largest absolute Gasteiger partial charge is 0.378 e. The second-order valence-electron chi connectivity index (χ2n) is 6.22. The Morgan fingerprint density at radius 1 is 1.42 bits per heavy atom. The molecular formula is C17H25N5OS. The summed E-state index contributed by atoms with van der Waals surface area (Å²) in [5.74, 6) is 0. The third-order valence-electron chi connectivity index (χ3n) is 4.61. The fraction of sp³-hybridized carbons (Fsp3) is 0.588. The predicted octanol–water partition coefficient (Wildman–Crippen LogP) is 2.51. The van der Waals surface area contributed by atoms with E-state index in [4.69, 9.17) is 10.00 Å². The highest BCUT2D eigenvalue weighted by Gasteiger charge is 2.27. The van der Waals surface area contributed by atoms with E-state index < -0.39 is 0 Å². The van der Waals surface area contributed by atoms with Crippen LogP contribution < -0.4 is 9.62 Å². The molecule has 0 amide bonds. The van der Waals surface area contributed by atoms with Gasteiger partial charge in [-0.05, 0) is 18.1 Å². The fourth-order valence-corrected chi connectivity index (χ4v) is 4.21. The summed E-state index contributed by atoms with van der Waals surface area (Å²) in [7, 11) is 1.84. The maximum absolute atomic E-state index is 9.04. The molecular weight excluding hydrogens is 322 g/mol. The Bertz CT molecular complexity index is 599. The van der Waals surface area contributed by atoms with E-state index in [9.17, 15) is 0 Å². The lowest BCUT2D eigenvalue weighted by atomic mass is 10.1. The zero-order valence-electron chi connectivity index (χ0n) is 14.4. The molecule has 1 atom stereocenters. The van der Waals surface area contributed by atoms with Crippen LogP contribution in [0.2, 0.25) is 0 Å². The number of nitrogens with zero attached hydrogens (tertiary/aromatic N) is 4. The minimum atomic E-state index is 0.340. The van der Waals surface area contributed by atoms with Crippen LogP contribution >= 0.6 is 12.1 Å². The maximum Gasteiger partial charge on any atom is 0.179 e. The van der Waals surface area contributed by atoms with Gasteiger partial charge in [0.25, 0.3) is 0 Å². The molecule has 1 aromatic carbocycles. The SMILES string of the molecule is CCC(CN(C)C#N)N1Cc2cccc(N3CCOCC3)c2NS1. The molecule has 0 radical (unpaired) electrons. The second-order valence-corrected chi connectivity index (χ2v) is 7.08. The van der Waals surface area contributed by atoms with E-state index in [1.807, 2.05) is 7.05 Å². The molecule has 0 saturated carbocycles. The van der Waals surface area contributed by atoms with Crippen molar-refractivity contribution >= 4 is 23.5 Å². The first-order valence-corrected chi connectivity index (χ1v) is 9.25. The molecule has 24 heavy (non-hydrogen) atoms. The van der Waals surface area contributed by atoms with Gasteiger partial charge in [-0.3, -0.25) is 0 Å². The molecule has 1 fully saturated rings. The maximum atomic E-state index is 9.04. The minimum Gasteiger partial charge on any atom is -0.378 e. The first-order chi connectivity index (χ1) is 11.7. The number of ether oxygens (including phenoxy) is 1. The summed E-state index contributed by atoms with van der Waals surface area (Å²) in [4.78, 5) is 4.10. The van der Waals surface area contributed by atoms with Gasteiger partial charge in [0.2, 0.25) is 0 Å². The van der Waals surface area contributed by atoms with Crippen LogP contribution in [0.5, 0.6) is 0 Å². The van der Waals surface area contributed by atoms with Gasteiger partial charge < -0.3 is 19.3 Å². The van der Waals surface area contributed by atoms with Crippen LogP contribution in [0.3, 0.4) is 0 Å². The number of morpholine rings is 1. The molecule has 2 aliphatic rings. The summed E-state index contributed by atoms with van der Waals surface area (Å²) >= 11 is 1.66. The summed E-state index contributed by atoms with van der Waals surface area (Å²) in [6, 6.07) is 6.86. The summed E-state index contributed by atoms with van der Waals surface area (Å²) in [6.07, 6.45) is 3.21. The van der Waals surface area contributed by atoms with Crippen molar-refractivity contribution in [3.8, 4) is 6.19 Å². The monoisotopic (exact) mass is 347 g/mol. The van der Waals surface area contributed by atoms with Crippen molar-refractivity contribution < 1.29 is 4.74 Å². The first-order valence-electron chi connectivity index (χ1n) is 8.48. The van der Waals surface area contributed by atoms with Crippen molar-refractivity contribution in [2.45, 2.75) is 25.9 Å². The lowest BCUT2D eigenvalue weighted by Gasteiger charge is -2.38. The smallest absolute Gasteiger partial charge is 0.179 e. The van der Waals surface area contributed by atoms with Gasteiger partial charge in [0.05, 0.1) is 24.6 Å². The van der Waals surface area contributed by atoms with Gasteiger partial charge in [-0.2, -0.15) is 5.26 Å². The zero-order chi connectivity index (χ0) is 16.9. The van der Waals surface area contributed by atoms with Crippen molar-refractivity contribution in [2.24, 2.45) is 0 Å². The van der Waals surface area contributed by atoms with Gasteiger partial charge in [-0.1, -0.05) is 19.1 Å². The summed E-state index contributed by atoms with van der Waals surface area (Å²) in [5.41, 5.74) is 3.81. The summed E-state index contributed by atoms with van der Waals surface area (Å²) in [6.45, 7) is 7.29. The van der Waals surface area contributed by atoms with E-state index in [-0.39, 0.29) is 0 Å². The number of rotatable bonds is 5. The number of anilines is 2. The molecule has 1 N–H and O–H groups in total. The van der Waals surface area contributed by atoms with Crippen molar-refractivity contribution in [2.75, 3.05) is 49.5 Å². The molecule has 130 valence electrons. The third kappa shape index (κ3) is 3.72. The Hall–Kier alpha value is -1.62. The van der Waals surface area contributed by atoms with E-state index in [0.29, 0.717) is 6.04 Å². The van der Waals surface area contributed by atoms with Crippen LogP contribution in [-0.4, -0.2) is 55.1 Å². The number of likely N-dealkylation sites (N-methyl/N-ethyl adjacent to an activating group) is 1. The molecule has 1 unspecified atom stereocenters. The molecule has 0 aliphatic carbocycles. The zero-order valence-corrected chi connectivity index (χ0v) is 15.2. The average Bonchev–Trinajstić information content (AvgIpc) is 2.65. The Kier molecular flexibility index (Phi) is 5.72. The lowest BCUT2D eigenvalue weighted by Crippen LogP contribution is -2.40. The van der Waals surface area contributed by atoms with Crippen molar-refractivity contribution in [3.05, 3.63) is 23.8 Å². The van der Waals surface area contributed by atoms with Gasteiger partial charge >= 0.3 is 0 Å². The number of hydrogen-bond donors (Lipinski definition) is 1. The molecule has 6 nitrogen and oxygen atoms in total. The van der Waals surface area contributed by atoms with Gasteiger partial charge in [-0.25, -0.2) is 4.31 Å². The Morgan fingerprint density at radius 2 is 2.21 bits per heavy atom. The number of nitriles is 1. The van der Waals surface area contributed by atoms with Gasteiger partial charge in [0.1, 0.15) is 0 Å². The molecule has 1 saturated heterocycles. The number of nitrogens with one attached hydrogen (secondary N) is 1. The average molecular weight is 347 g/mol. The van der Waals surface area contributed by atoms with Crippen molar-refractivity contribution in [1.82, 2.24) is 9.21 Å². The molecule has 7 heteroatoms. The normalized spacial score (nSPS) is 19.1.